The minimum Gasteiger partial charge on any atom is -0.478 e. The number of nitrogens with one attached hydrogen (secondary N) is 1. The summed E-state index contributed by atoms with van der Waals surface area (Å²) in [6, 6.07) is 3.96. The Kier molecular flexibility index (Phi) is 4.44. The Morgan fingerprint density at radius 3 is 2.90 bits per heavy atom. The number of carbonyl (C=O) groups excluding carboxylic acids is 1. The van der Waals surface area contributed by atoms with Crippen LogP contribution >= 0.6 is 11.3 Å². The van der Waals surface area contributed by atoms with Crippen molar-refractivity contribution in [2.75, 3.05) is 5.32 Å². The maximum absolute atomic E-state index is 13.2. The second kappa shape index (κ2) is 6.27. The summed E-state index contributed by atoms with van der Waals surface area (Å²) in [5, 5.41) is 11.4. The number of anilines is 1. The minimum absolute atomic E-state index is 0.229. The Balaban J connectivity index is 2.13. The second-order valence-corrected chi connectivity index (χ2v) is 5.21. The number of rotatable bonds is 4. The van der Waals surface area contributed by atoms with Crippen molar-refractivity contribution in [1.82, 2.24) is 4.98 Å². The number of carbonyl (C=O) groups is 2. The Morgan fingerprint density at radius 1 is 1.43 bits per heavy atom. The number of nitrogens with zero attached hydrogens (tertiary/aromatic N) is 1. The van der Waals surface area contributed by atoms with Crippen molar-refractivity contribution < 1.29 is 19.1 Å². The van der Waals surface area contributed by atoms with Gasteiger partial charge in [-0.2, -0.15) is 0 Å². The first kappa shape index (κ1) is 14.9. The van der Waals surface area contributed by atoms with E-state index in [1.54, 1.807) is 6.92 Å². The third-order valence-corrected chi connectivity index (χ3v) is 3.46. The van der Waals surface area contributed by atoms with Gasteiger partial charge >= 0.3 is 5.97 Å². The molecule has 0 aliphatic rings. The zero-order chi connectivity index (χ0) is 15.4. The molecular formula is C14H11FN2O3S. The molecule has 7 heteroatoms. The van der Waals surface area contributed by atoms with E-state index in [1.165, 1.54) is 24.4 Å². The SMILES string of the molecule is Cc1ccc(F)cc1C(=O)Nc1ncc(C=CC(=O)O)s1. The Morgan fingerprint density at radius 2 is 2.19 bits per heavy atom. The molecule has 21 heavy (non-hydrogen) atoms. The number of amides is 1. The van der Waals surface area contributed by atoms with E-state index in [0.717, 1.165) is 23.5 Å². The summed E-state index contributed by atoms with van der Waals surface area (Å²) < 4.78 is 13.2. The van der Waals surface area contributed by atoms with Crippen molar-refractivity contribution in [1.29, 1.82) is 0 Å². The van der Waals surface area contributed by atoms with E-state index < -0.39 is 17.7 Å². The number of halogens is 1. The number of hydrogen-bond donors (Lipinski definition) is 2. The molecule has 108 valence electrons. The summed E-state index contributed by atoms with van der Waals surface area (Å²) in [6.45, 7) is 1.71. The third-order valence-electron chi connectivity index (χ3n) is 2.58. The van der Waals surface area contributed by atoms with Gasteiger partial charge in [0.15, 0.2) is 5.13 Å². The summed E-state index contributed by atoms with van der Waals surface area (Å²) >= 11 is 1.12. The van der Waals surface area contributed by atoms with Gasteiger partial charge in [-0.3, -0.25) is 10.1 Å². The van der Waals surface area contributed by atoms with E-state index in [2.05, 4.69) is 10.3 Å². The van der Waals surface area contributed by atoms with Crippen molar-refractivity contribution in [3.8, 4) is 0 Å². The van der Waals surface area contributed by atoms with Gasteiger partial charge in [-0.25, -0.2) is 14.2 Å². The summed E-state index contributed by atoms with van der Waals surface area (Å²) in [6.07, 6.45) is 3.80. The fraction of sp³-hybridized carbons (Fsp3) is 0.0714. The van der Waals surface area contributed by atoms with E-state index in [9.17, 15) is 14.0 Å². The van der Waals surface area contributed by atoms with Crippen LogP contribution in [-0.4, -0.2) is 22.0 Å². The molecule has 1 heterocycles. The van der Waals surface area contributed by atoms with Crippen LogP contribution in [-0.2, 0) is 4.79 Å². The molecule has 2 rings (SSSR count). The molecule has 1 aromatic heterocycles. The molecule has 1 aromatic carbocycles. The van der Waals surface area contributed by atoms with E-state index >= 15 is 0 Å². The quantitative estimate of drug-likeness (QED) is 0.851. The minimum atomic E-state index is -1.07. The fourth-order valence-corrected chi connectivity index (χ4v) is 2.29. The predicted molar refractivity (Wildman–Crippen MR) is 77.9 cm³/mol. The monoisotopic (exact) mass is 306 g/mol. The number of aliphatic carboxylic acids is 1. The first-order valence-corrected chi connectivity index (χ1v) is 6.71. The van der Waals surface area contributed by atoms with Gasteiger partial charge in [0.2, 0.25) is 0 Å². The van der Waals surface area contributed by atoms with E-state index in [4.69, 9.17) is 5.11 Å². The lowest BCUT2D eigenvalue weighted by molar-refractivity contribution is -0.131. The topological polar surface area (TPSA) is 79.3 Å². The average molecular weight is 306 g/mol. The normalized spacial score (nSPS) is 10.8. The van der Waals surface area contributed by atoms with Crippen molar-refractivity contribution in [2.24, 2.45) is 0 Å². The molecule has 0 aliphatic heterocycles. The third kappa shape index (κ3) is 3.96. The molecule has 0 aliphatic carbocycles. The van der Waals surface area contributed by atoms with Gasteiger partial charge in [-0.1, -0.05) is 17.4 Å². The lowest BCUT2D eigenvalue weighted by atomic mass is 10.1. The smallest absolute Gasteiger partial charge is 0.328 e. The molecule has 2 aromatic rings. The summed E-state index contributed by atoms with van der Waals surface area (Å²) in [7, 11) is 0. The van der Waals surface area contributed by atoms with Crippen molar-refractivity contribution >= 4 is 34.4 Å². The number of carboxylic acids is 1. The van der Waals surface area contributed by atoms with Crippen LogP contribution in [0.3, 0.4) is 0 Å². The van der Waals surface area contributed by atoms with Crippen LogP contribution in [0.4, 0.5) is 9.52 Å². The number of benzene rings is 1. The van der Waals surface area contributed by atoms with Crippen molar-refractivity contribution in [2.45, 2.75) is 6.92 Å². The van der Waals surface area contributed by atoms with Crippen LogP contribution in [0.2, 0.25) is 0 Å². The van der Waals surface area contributed by atoms with Gasteiger partial charge in [-0.05, 0) is 30.7 Å². The van der Waals surface area contributed by atoms with Gasteiger partial charge in [0.25, 0.3) is 5.91 Å². The van der Waals surface area contributed by atoms with Crippen LogP contribution < -0.4 is 5.32 Å². The number of thiazole rings is 1. The molecule has 0 unspecified atom stereocenters. The molecule has 0 spiro atoms. The molecule has 0 saturated carbocycles. The number of aryl methyl sites for hydroxylation is 1. The zero-order valence-corrected chi connectivity index (χ0v) is 11.8. The molecule has 0 fully saturated rings. The summed E-state index contributed by atoms with van der Waals surface area (Å²) in [5.74, 6) is -2.02. The fourth-order valence-electron chi connectivity index (χ4n) is 1.58. The molecule has 0 atom stereocenters. The van der Waals surface area contributed by atoms with E-state index in [1.807, 2.05) is 0 Å². The average Bonchev–Trinajstić information content (AvgIpc) is 2.86. The highest BCUT2D eigenvalue weighted by atomic mass is 32.1. The van der Waals surface area contributed by atoms with Crippen LogP contribution in [0.25, 0.3) is 6.08 Å². The Hall–Kier alpha value is -2.54. The van der Waals surface area contributed by atoms with Crippen LogP contribution in [0.15, 0.2) is 30.5 Å². The zero-order valence-electron chi connectivity index (χ0n) is 11.0. The second-order valence-electron chi connectivity index (χ2n) is 4.15. The van der Waals surface area contributed by atoms with Gasteiger partial charge in [0.05, 0.1) is 0 Å². The highest BCUT2D eigenvalue weighted by Crippen LogP contribution is 2.21. The largest absolute Gasteiger partial charge is 0.478 e. The van der Waals surface area contributed by atoms with Crippen molar-refractivity contribution in [3.63, 3.8) is 0 Å². The van der Waals surface area contributed by atoms with E-state index in [-0.39, 0.29) is 5.56 Å². The Labute approximate surface area is 123 Å². The molecule has 0 radical (unpaired) electrons. The van der Waals surface area contributed by atoms with Gasteiger partial charge in [0, 0.05) is 22.7 Å². The van der Waals surface area contributed by atoms with Gasteiger partial charge < -0.3 is 5.11 Å². The van der Waals surface area contributed by atoms with Crippen molar-refractivity contribution in [3.05, 3.63) is 52.3 Å². The summed E-state index contributed by atoms with van der Waals surface area (Å²) in [5.41, 5.74) is 0.879. The number of hydrogen-bond acceptors (Lipinski definition) is 4. The first-order valence-electron chi connectivity index (χ1n) is 5.90. The molecular weight excluding hydrogens is 295 g/mol. The van der Waals surface area contributed by atoms with Gasteiger partial charge in [-0.15, -0.1) is 0 Å². The highest BCUT2D eigenvalue weighted by Gasteiger charge is 2.12. The highest BCUT2D eigenvalue weighted by molar-refractivity contribution is 7.16. The lowest BCUT2D eigenvalue weighted by Crippen LogP contribution is -2.13. The molecule has 0 bridgehead atoms. The molecule has 1 amide bonds. The number of carboxylic acid groups (broad SMARTS) is 1. The lowest BCUT2D eigenvalue weighted by Gasteiger charge is -2.05. The van der Waals surface area contributed by atoms with Crippen LogP contribution in [0.1, 0.15) is 20.8 Å². The maximum atomic E-state index is 13.2. The molecule has 2 N–H and O–H groups in total. The first-order chi connectivity index (χ1) is 9.95. The Bertz CT molecular complexity index is 725. The van der Waals surface area contributed by atoms with Crippen LogP contribution in [0.5, 0.6) is 0 Å². The molecule has 5 nitrogen and oxygen atoms in total. The molecule has 0 saturated heterocycles. The van der Waals surface area contributed by atoms with Gasteiger partial charge in [0.1, 0.15) is 5.82 Å². The van der Waals surface area contributed by atoms with E-state index in [0.29, 0.717) is 15.6 Å². The van der Waals surface area contributed by atoms with Crippen LogP contribution in [0, 0.1) is 12.7 Å². The predicted octanol–water partition coefficient (Wildman–Crippen LogP) is 2.94. The standard InChI is InChI=1S/C14H11FN2O3S/c1-8-2-3-9(15)6-11(8)13(20)17-14-16-7-10(21-14)4-5-12(18)19/h2-7H,1H3,(H,18,19)(H,16,17,20). The maximum Gasteiger partial charge on any atom is 0.328 e. The summed E-state index contributed by atoms with van der Waals surface area (Å²) in [4.78, 5) is 27.0. The number of aromatic nitrogens is 1.